The summed E-state index contributed by atoms with van der Waals surface area (Å²) in [6, 6.07) is 3.76. The summed E-state index contributed by atoms with van der Waals surface area (Å²) in [5, 5.41) is 8.47. The molecule has 0 amide bonds. The molecule has 1 aliphatic heterocycles. The molecule has 1 aliphatic rings. The SMILES string of the molecule is CCN1CCC(Cc2nnc3cc(N)ccn23)C1. The van der Waals surface area contributed by atoms with Gasteiger partial charge in [-0.1, -0.05) is 6.92 Å². The Kier molecular flexibility index (Phi) is 2.91. The smallest absolute Gasteiger partial charge is 0.162 e. The summed E-state index contributed by atoms with van der Waals surface area (Å²) in [4.78, 5) is 2.49. The quantitative estimate of drug-likeness (QED) is 0.882. The average molecular weight is 245 g/mol. The molecule has 0 radical (unpaired) electrons. The molecule has 5 nitrogen and oxygen atoms in total. The number of nitrogen functional groups attached to an aromatic ring is 1. The van der Waals surface area contributed by atoms with Crippen LogP contribution in [0, 0.1) is 5.92 Å². The fourth-order valence-electron chi connectivity index (χ4n) is 2.72. The third kappa shape index (κ3) is 2.06. The van der Waals surface area contributed by atoms with Crippen LogP contribution in [0.4, 0.5) is 5.69 Å². The van der Waals surface area contributed by atoms with Crippen molar-refractivity contribution in [3.05, 3.63) is 24.2 Å². The summed E-state index contributed by atoms with van der Waals surface area (Å²) < 4.78 is 2.05. The van der Waals surface area contributed by atoms with Gasteiger partial charge in [0.15, 0.2) is 5.65 Å². The molecule has 1 saturated heterocycles. The van der Waals surface area contributed by atoms with Crippen molar-refractivity contribution in [2.75, 3.05) is 25.4 Å². The number of anilines is 1. The lowest BCUT2D eigenvalue weighted by Crippen LogP contribution is -2.20. The molecule has 2 aromatic rings. The molecule has 2 N–H and O–H groups in total. The van der Waals surface area contributed by atoms with Gasteiger partial charge in [-0.3, -0.25) is 4.40 Å². The normalized spacial score (nSPS) is 20.8. The van der Waals surface area contributed by atoms with Gasteiger partial charge in [0.05, 0.1) is 0 Å². The van der Waals surface area contributed by atoms with Crippen molar-refractivity contribution >= 4 is 11.3 Å². The predicted molar refractivity (Wildman–Crippen MR) is 71.3 cm³/mol. The Labute approximate surface area is 107 Å². The van der Waals surface area contributed by atoms with Gasteiger partial charge in [-0.05, 0) is 31.5 Å². The Morgan fingerprint density at radius 3 is 3.11 bits per heavy atom. The van der Waals surface area contributed by atoms with Crippen molar-refractivity contribution < 1.29 is 0 Å². The van der Waals surface area contributed by atoms with E-state index in [4.69, 9.17) is 5.73 Å². The van der Waals surface area contributed by atoms with E-state index in [0.717, 1.165) is 30.1 Å². The molecule has 3 heterocycles. The number of hydrogen-bond acceptors (Lipinski definition) is 4. The molecular weight excluding hydrogens is 226 g/mol. The van der Waals surface area contributed by atoms with E-state index in [-0.39, 0.29) is 0 Å². The van der Waals surface area contributed by atoms with Gasteiger partial charge in [0.1, 0.15) is 5.82 Å². The lowest BCUT2D eigenvalue weighted by Gasteiger charge is -2.12. The lowest BCUT2D eigenvalue weighted by atomic mass is 10.0. The van der Waals surface area contributed by atoms with Gasteiger partial charge < -0.3 is 10.6 Å². The van der Waals surface area contributed by atoms with E-state index < -0.39 is 0 Å². The van der Waals surface area contributed by atoms with Crippen LogP contribution in [0.25, 0.3) is 5.65 Å². The van der Waals surface area contributed by atoms with E-state index in [1.807, 2.05) is 22.7 Å². The molecule has 2 aromatic heterocycles. The fraction of sp³-hybridized carbons (Fsp3) is 0.538. The largest absolute Gasteiger partial charge is 0.399 e. The number of hydrogen-bond donors (Lipinski definition) is 1. The minimum absolute atomic E-state index is 0.704. The first-order valence-electron chi connectivity index (χ1n) is 6.57. The molecule has 1 fully saturated rings. The van der Waals surface area contributed by atoms with Crippen LogP contribution in [0.5, 0.6) is 0 Å². The second kappa shape index (κ2) is 4.57. The molecule has 3 rings (SSSR count). The first-order valence-corrected chi connectivity index (χ1v) is 6.57. The molecule has 0 aliphatic carbocycles. The number of fused-ring (bicyclic) bond motifs is 1. The van der Waals surface area contributed by atoms with E-state index in [1.165, 1.54) is 19.5 Å². The van der Waals surface area contributed by atoms with Gasteiger partial charge in [-0.15, -0.1) is 10.2 Å². The van der Waals surface area contributed by atoms with Crippen LogP contribution < -0.4 is 5.73 Å². The van der Waals surface area contributed by atoms with Gasteiger partial charge in [-0.2, -0.15) is 0 Å². The highest BCUT2D eigenvalue weighted by molar-refractivity contribution is 5.51. The molecule has 18 heavy (non-hydrogen) atoms. The zero-order valence-electron chi connectivity index (χ0n) is 10.7. The van der Waals surface area contributed by atoms with Crippen molar-refractivity contribution in [3.63, 3.8) is 0 Å². The molecule has 0 aromatic carbocycles. The van der Waals surface area contributed by atoms with Crippen molar-refractivity contribution in [3.8, 4) is 0 Å². The van der Waals surface area contributed by atoms with Gasteiger partial charge >= 0.3 is 0 Å². The maximum Gasteiger partial charge on any atom is 0.162 e. The van der Waals surface area contributed by atoms with E-state index in [2.05, 4.69) is 22.0 Å². The second-order valence-corrected chi connectivity index (χ2v) is 5.06. The van der Waals surface area contributed by atoms with Crippen LogP contribution in [0.1, 0.15) is 19.2 Å². The van der Waals surface area contributed by atoms with Crippen LogP contribution in [0.15, 0.2) is 18.3 Å². The third-order valence-electron chi connectivity index (χ3n) is 3.79. The van der Waals surface area contributed by atoms with Crippen LogP contribution in [0.3, 0.4) is 0 Å². The van der Waals surface area contributed by atoms with Gasteiger partial charge in [0, 0.05) is 30.9 Å². The Morgan fingerprint density at radius 2 is 2.33 bits per heavy atom. The van der Waals surface area contributed by atoms with E-state index in [9.17, 15) is 0 Å². The minimum atomic E-state index is 0.704. The first-order chi connectivity index (χ1) is 8.76. The number of likely N-dealkylation sites (tertiary alicyclic amines) is 1. The molecule has 1 unspecified atom stereocenters. The number of nitrogens with two attached hydrogens (primary N) is 1. The Morgan fingerprint density at radius 1 is 1.44 bits per heavy atom. The molecule has 0 spiro atoms. The Hall–Kier alpha value is -1.62. The maximum atomic E-state index is 5.75. The summed E-state index contributed by atoms with van der Waals surface area (Å²) in [5.74, 6) is 1.75. The molecule has 0 bridgehead atoms. The summed E-state index contributed by atoms with van der Waals surface area (Å²) >= 11 is 0. The number of aromatic nitrogens is 3. The van der Waals surface area contributed by atoms with E-state index >= 15 is 0 Å². The van der Waals surface area contributed by atoms with Crippen molar-refractivity contribution in [2.45, 2.75) is 19.8 Å². The highest BCUT2D eigenvalue weighted by Crippen LogP contribution is 2.20. The fourth-order valence-corrected chi connectivity index (χ4v) is 2.72. The number of pyridine rings is 1. The topological polar surface area (TPSA) is 59.5 Å². The summed E-state index contributed by atoms with van der Waals surface area (Å²) in [7, 11) is 0. The van der Waals surface area contributed by atoms with Crippen LogP contribution in [-0.4, -0.2) is 39.1 Å². The minimum Gasteiger partial charge on any atom is -0.399 e. The lowest BCUT2D eigenvalue weighted by molar-refractivity contribution is 0.340. The zero-order chi connectivity index (χ0) is 12.5. The Bertz CT molecular complexity index is 547. The second-order valence-electron chi connectivity index (χ2n) is 5.06. The molecule has 1 atom stereocenters. The number of nitrogens with zero attached hydrogens (tertiary/aromatic N) is 4. The van der Waals surface area contributed by atoms with E-state index in [0.29, 0.717) is 5.92 Å². The van der Waals surface area contributed by atoms with Gasteiger partial charge in [0.25, 0.3) is 0 Å². The molecule has 0 saturated carbocycles. The Balaban J connectivity index is 1.79. The summed E-state index contributed by atoms with van der Waals surface area (Å²) in [6.07, 6.45) is 4.23. The molecular formula is C13H19N5. The van der Waals surface area contributed by atoms with Crippen LogP contribution in [-0.2, 0) is 6.42 Å². The van der Waals surface area contributed by atoms with E-state index in [1.54, 1.807) is 0 Å². The number of rotatable bonds is 3. The van der Waals surface area contributed by atoms with Crippen LogP contribution in [0.2, 0.25) is 0 Å². The van der Waals surface area contributed by atoms with Crippen LogP contribution >= 0.6 is 0 Å². The predicted octanol–water partition coefficient (Wildman–Crippen LogP) is 1.20. The summed E-state index contributed by atoms with van der Waals surface area (Å²) in [5.41, 5.74) is 7.32. The first kappa shape index (κ1) is 11.5. The maximum absolute atomic E-state index is 5.75. The van der Waals surface area contributed by atoms with Gasteiger partial charge in [0.2, 0.25) is 0 Å². The summed E-state index contributed by atoms with van der Waals surface area (Å²) in [6.45, 7) is 5.76. The third-order valence-corrected chi connectivity index (χ3v) is 3.79. The zero-order valence-corrected chi connectivity index (χ0v) is 10.7. The average Bonchev–Trinajstić information content (AvgIpc) is 2.97. The molecule has 96 valence electrons. The van der Waals surface area contributed by atoms with Crippen molar-refractivity contribution in [1.82, 2.24) is 19.5 Å². The van der Waals surface area contributed by atoms with Crippen molar-refractivity contribution in [1.29, 1.82) is 0 Å². The van der Waals surface area contributed by atoms with Crippen molar-refractivity contribution in [2.24, 2.45) is 5.92 Å². The standard InChI is InChI=1S/C13H19N5/c1-2-17-5-3-10(9-17)7-12-15-16-13-8-11(14)4-6-18(12)13/h4,6,8,10H,2-3,5,7,9,14H2,1H3. The highest BCUT2D eigenvalue weighted by Gasteiger charge is 2.23. The van der Waals surface area contributed by atoms with Gasteiger partial charge in [-0.25, -0.2) is 0 Å². The monoisotopic (exact) mass is 245 g/mol. The molecule has 5 heteroatoms. The highest BCUT2D eigenvalue weighted by atomic mass is 15.2.